The zero-order valence-electron chi connectivity index (χ0n) is 19.0. The number of methoxy groups -OCH3 is 1. The number of esters is 1. The lowest BCUT2D eigenvalue weighted by Gasteiger charge is -2.28. The molecular weight excluding hydrogens is 465 g/mol. The maximum absolute atomic E-state index is 13.0. The Balaban J connectivity index is 1.62. The molecule has 35 heavy (non-hydrogen) atoms. The van der Waals surface area contributed by atoms with Crippen molar-refractivity contribution in [1.29, 1.82) is 0 Å². The van der Waals surface area contributed by atoms with Gasteiger partial charge in [-0.05, 0) is 62.3 Å². The summed E-state index contributed by atoms with van der Waals surface area (Å²) in [5.74, 6) is -1.12. The minimum absolute atomic E-state index is 0.0252. The Kier molecular flexibility index (Phi) is 7.06. The number of ether oxygens (including phenoxy) is 1. The summed E-state index contributed by atoms with van der Waals surface area (Å²) in [5, 5.41) is 16.9. The Morgan fingerprint density at radius 3 is 2.60 bits per heavy atom. The van der Waals surface area contributed by atoms with Crippen LogP contribution in [-0.2, 0) is 10.9 Å². The normalized spacial score (nSPS) is 18.4. The van der Waals surface area contributed by atoms with Gasteiger partial charge < -0.3 is 15.2 Å². The lowest BCUT2D eigenvalue weighted by atomic mass is 9.84. The van der Waals surface area contributed by atoms with Crippen LogP contribution in [0.2, 0.25) is 0 Å². The van der Waals surface area contributed by atoms with E-state index in [1.807, 2.05) is 10.9 Å². The summed E-state index contributed by atoms with van der Waals surface area (Å²) in [4.78, 5) is 28.5. The number of anilines is 1. The quantitative estimate of drug-likeness (QED) is 0.489. The molecule has 0 unspecified atom stereocenters. The van der Waals surface area contributed by atoms with Gasteiger partial charge in [-0.2, -0.15) is 18.3 Å². The summed E-state index contributed by atoms with van der Waals surface area (Å²) < 4.78 is 45.6. The summed E-state index contributed by atoms with van der Waals surface area (Å²) >= 11 is 0. The van der Waals surface area contributed by atoms with Gasteiger partial charge in [-0.3, -0.25) is 9.48 Å². The molecule has 1 saturated carbocycles. The van der Waals surface area contributed by atoms with Crippen molar-refractivity contribution in [3.63, 3.8) is 0 Å². The summed E-state index contributed by atoms with van der Waals surface area (Å²) in [5.41, 5.74) is -0.995. The molecule has 1 amide bonds. The van der Waals surface area contributed by atoms with Crippen molar-refractivity contribution in [2.45, 2.75) is 44.3 Å². The van der Waals surface area contributed by atoms with Crippen molar-refractivity contribution in [2.24, 2.45) is 5.92 Å². The maximum Gasteiger partial charge on any atom is 0.433 e. The highest BCUT2D eigenvalue weighted by Crippen LogP contribution is 2.35. The fourth-order valence-corrected chi connectivity index (χ4v) is 4.45. The van der Waals surface area contributed by atoms with Crippen molar-refractivity contribution in [2.75, 3.05) is 19.0 Å². The van der Waals surface area contributed by atoms with Crippen molar-refractivity contribution < 1.29 is 32.6 Å². The first-order valence-corrected chi connectivity index (χ1v) is 11.3. The number of halogens is 3. The van der Waals surface area contributed by atoms with E-state index in [2.05, 4.69) is 15.4 Å². The highest BCUT2D eigenvalue weighted by atomic mass is 19.4. The van der Waals surface area contributed by atoms with Gasteiger partial charge in [0.2, 0.25) is 0 Å². The Morgan fingerprint density at radius 1 is 1.20 bits per heavy atom. The highest BCUT2D eigenvalue weighted by molar-refractivity contribution is 6.09. The average Bonchev–Trinajstić information content (AvgIpc) is 3.26. The highest BCUT2D eigenvalue weighted by Gasteiger charge is 2.33. The third-order valence-corrected chi connectivity index (χ3v) is 6.31. The van der Waals surface area contributed by atoms with E-state index < -0.39 is 29.4 Å². The van der Waals surface area contributed by atoms with Crippen LogP contribution >= 0.6 is 0 Å². The van der Waals surface area contributed by atoms with Crippen LogP contribution in [0.1, 0.15) is 64.7 Å². The molecule has 1 fully saturated rings. The number of fused-ring (bicyclic) bond motifs is 1. The number of benzene rings is 1. The molecule has 1 aliphatic rings. The molecule has 0 bridgehead atoms. The van der Waals surface area contributed by atoms with E-state index in [1.54, 1.807) is 6.07 Å². The van der Waals surface area contributed by atoms with Crippen LogP contribution in [0, 0.1) is 5.92 Å². The van der Waals surface area contributed by atoms with Gasteiger partial charge in [0.15, 0.2) is 0 Å². The number of aromatic nitrogens is 3. The number of nitrogens with one attached hydrogen (secondary N) is 1. The van der Waals surface area contributed by atoms with Gasteiger partial charge >= 0.3 is 12.1 Å². The molecule has 0 spiro atoms. The number of aliphatic hydroxyl groups excluding tert-OH is 1. The molecule has 11 heteroatoms. The number of pyridine rings is 1. The van der Waals surface area contributed by atoms with E-state index in [0.717, 1.165) is 50.3 Å². The second-order valence-corrected chi connectivity index (χ2v) is 8.60. The first-order valence-electron chi connectivity index (χ1n) is 11.3. The number of nitrogens with zero attached hydrogens (tertiary/aromatic N) is 3. The molecule has 0 aliphatic heterocycles. The van der Waals surface area contributed by atoms with Gasteiger partial charge in [0.1, 0.15) is 11.4 Å². The van der Waals surface area contributed by atoms with Crippen molar-refractivity contribution in [3.8, 4) is 0 Å². The SMILES string of the molecule is COC(=O)c1cc2nn(C3CCC(CCO)CC3)cc2cc1NC(=O)c1cccc(C(F)(F)F)n1. The van der Waals surface area contributed by atoms with E-state index in [-0.39, 0.29) is 23.9 Å². The summed E-state index contributed by atoms with van der Waals surface area (Å²) in [6.45, 7) is 0.182. The predicted molar refractivity (Wildman–Crippen MR) is 121 cm³/mol. The molecule has 2 heterocycles. The molecule has 2 N–H and O–H groups in total. The van der Waals surface area contributed by atoms with Crippen molar-refractivity contribution in [3.05, 3.63) is 53.5 Å². The Morgan fingerprint density at radius 2 is 1.94 bits per heavy atom. The average molecular weight is 490 g/mol. The zero-order valence-corrected chi connectivity index (χ0v) is 19.0. The van der Waals surface area contributed by atoms with Gasteiger partial charge in [0, 0.05) is 18.2 Å². The van der Waals surface area contributed by atoms with Gasteiger partial charge in [0.25, 0.3) is 5.91 Å². The molecule has 3 aromatic rings. The topological polar surface area (TPSA) is 106 Å². The standard InChI is InChI=1S/C24H25F3N4O4/c1-35-23(34)17-12-19-15(13-31(30-19)16-7-5-14(6-8-16)9-10-32)11-20(17)29-22(33)18-3-2-4-21(28-18)24(25,26)27/h2-4,11-14,16,32H,5-10H2,1H3,(H,29,33). The fourth-order valence-electron chi connectivity index (χ4n) is 4.45. The summed E-state index contributed by atoms with van der Waals surface area (Å²) in [6.07, 6.45) is 1.71. The Hall–Kier alpha value is -3.47. The van der Waals surface area contributed by atoms with Crippen LogP contribution in [0.4, 0.5) is 18.9 Å². The number of rotatable bonds is 6. The number of carbonyl (C=O) groups is 2. The Labute approximate surface area is 199 Å². The zero-order chi connectivity index (χ0) is 25.2. The maximum atomic E-state index is 13.0. The fraction of sp³-hybridized carbons (Fsp3) is 0.417. The van der Waals surface area contributed by atoms with Gasteiger partial charge in [-0.1, -0.05) is 6.07 Å². The molecule has 8 nitrogen and oxygen atoms in total. The second kappa shape index (κ2) is 10.0. The molecule has 1 aromatic carbocycles. The monoisotopic (exact) mass is 490 g/mol. The smallest absolute Gasteiger partial charge is 0.433 e. The molecule has 2 aromatic heterocycles. The number of alkyl halides is 3. The van der Waals surface area contributed by atoms with Crippen LogP contribution in [0.3, 0.4) is 0 Å². The van der Waals surface area contributed by atoms with Crippen LogP contribution in [0.5, 0.6) is 0 Å². The molecule has 0 atom stereocenters. The first kappa shape index (κ1) is 24.6. The third kappa shape index (κ3) is 5.45. The van der Waals surface area contributed by atoms with E-state index in [1.165, 1.54) is 13.2 Å². The Bertz CT molecular complexity index is 1230. The summed E-state index contributed by atoms with van der Waals surface area (Å²) in [6, 6.07) is 6.24. The minimum atomic E-state index is -4.70. The first-order chi connectivity index (χ1) is 16.7. The lowest BCUT2D eigenvalue weighted by molar-refractivity contribution is -0.141. The molecule has 0 saturated heterocycles. The van der Waals surface area contributed by atoms with Crippen molar-refractivity contribution in [1.82, 2.24) is 14.8 Å². The van der Waals surface area contributed by atoms with Crippen LogP contribution in [-0.4, -0.2) is 45.5 Å². The van der Waals surface area contributed by atoms with Crippen molar-refractivity contribution >= 4 is 28.5 Å². The van der Waals surface area contributed by atoms with Gasteiger partial charge in [0.05, 0.1) is 29.9 Å². The van der Waals surface area contributed by atoms with Crippen LogP contribution in [0.25, 0.3) is 10.9 Å². The molecular formula is C24H25F3N4O4. The van der Waals surface area contributed by atoms with E-state index in [4.69, 9.17) is 9.84 Å². The number of hydrogen-bond donors (Lipinski definition) is 2. The molecule has 4 rings (SSSR count). The minimum Gasteiger partial charge on any atom is -0.465 e. The van der Waals surface area contributed by atoms with E-state index >= 15 is 0 Å². The van der Waals surface area contributed by atoms with Gasteiger partial charge in [-0.15, -0.1) is 0 Å². The summed E-state index contributed by atoms with van der Waals surface area (Å²) in [7, 11) is 1.19. The van der Waals surface area contributed by atoms with Crippen LogP contribution < -0.4 is 5.32 Å². The van der Waals surface area contributed by atoms with Crippen LogP contribution in [0.15, 0.2) is 36.5 Å². The number of hydrogen-bond acceptors (Lipinski definition) is 6. The molecule has 186 valence electrons. The lowest BCUT2D eigenvalue weighted by Crippen LogP contribution is -2.19. The second-order valence-electron chi connectivity index (χ2n) is 8.60. The largest absolute Gasteiger partial charge is 0.465 e. The number of amides is 1. The number of aliphatic hydroxyl groups is 1. The third-order valence-electron chi connectivity index (χ3n) is 6.31. The molecule has 0 radical (unpaired) electrons. The predicted octanol–water partition coefficient (Wildman–Crippen LogP) is 4.60. The van der Waals surface area contributed by atoms with E-state index in [0.29, 0.717) is 16.8 Å². The van der Waals surface area contributed by atoms with Gasteiger partial charge in [-0.25, -0.2) is 9.78 Å². The number of carbonyl (C=O) groups excluding carboxylic acids is 2. The van der Waals surface area contributed by atoms with E-state index in [9.17, 15) is 22.8 Å². The molecule has 1 aliphatic carbocycles.